The number of nitrogens with zero attached hydrogens (tertiary/aromatic N) is 1. The first kappa shape index (κ1) is 23.9. The molecule has 1 atom stereocenters. The zero-order valence-electron chi connectivity index (χ0n) is 16.9. The second-order valence-electron chi connectivity index (χ2n) is 6.69. The molecular formula is C21H16ClF3N2O6. The number of hydrogen-bond donors (Lipinski definition) is 1. The second-order valence-corrected chi connectivity index (χ2v) is 7.10. The Morgan fingerprint density at radius 2 is 1.97 bits per heavy atom. The van der Waals surface area contributed by atoms with Crippen molar-refractivity contribution in [3.05, 3.63) is 81.3 Å². The van der Waals surface area contributed by atoms with E-state index < -0.39 is 34.4 Å². The monoisotopic (exact) mass is 484 g/mol. The summed E-state index contributed by atoms with van der Waals surface area (Å²) in [7, 11) is 0. The first-order chi connectivity index (χ1) is 15.5. The molecule has 1 amide bonds. The Hall–Kier alpha value is -3.73. The summed E-state index contributed by atoms with van der Waals surface area (Å²) in [5.41, 5.74) is -1.39. The molecule has 1 unspecified atom stereocenters. The van der Waals surface area contributed by atoms with Gasteiger partial charge in [0.2, 0.25) is 5.75 Å². The number of nitro benzene ring substituents is 1. The molecule has 1 N–H and O–H groups in total. The van der Waals surface area contributed by atoms with Crippen molar-refractivity contribution in [3.8, 4) is 17.2 Å². The van der Waals surface area contributed by atoms with Gasteiger partial charge in [-0.25, -0.2) is 0 Å². The average Bonchev–Trinajstić information content (AvgIpc) is 3.26. The number of carbonyl (C=O) groups is 1. The molecule has 0 aliphatic rings. The van der Waals surface area contributed by atoms with E-state index in [1.807, 2.05) is 0 Å². The van der Waals surface area contributed by atoms with Crippen molar-refractivity contribution in [2.45, 2.75) is 25.7 Å². The minimum atomic E-state index is -4.58. The Balaban J connectivity index is 1.76. The van der Waals surface area contributed by atoms with Crippen LogP contribution in [0.4, 0.5) is 18.9 Å². The third-order valence-electron chi connectivity index (χ3n) is 4.30. The number of furan rings is 1. The van der Waals surface area contributed by atoms with Crippen molar-refractivity contribution in [1.82, 2.24) is 5.32 Å². The number of carbonyl (C=O) groups excluding carboxylic acids is 1. The van der Waals surface area contributed by atoms with Crippen LogP contribution in [0, 0.1) is 10.1 Å². The molecule has 2 aromatic carbocycles. The van der Waals surface area contributed by atoms with Gasteiger partial charge >= 0.3 is 11.9 Å². The molecule has 1 aromatic heterocycles. The standard InChI is InChI=1S/C21H16ClF3N2O6/c1-12(20(28)26-11-15-3-2-8-31-15)32-19-10-14(5-6-17(19)27(29)30)33-18-7-4-13(9-16(18)22)21(23,24)25/h2-10,12H,11H2,1H3,(H,26,28). The van der Waals surface area contributed by atoms with E-state index in [9.17, 15) is 28.1 Å². The van der Waals surface area contributed by atoms with Gasteiger partial charge in [0.1, 0.15) is 17.3 Å². The second kappa shape index (κ2) is 9.82. The molecule has 174 valence electrons. The molecular weight excluding hydrogens is 469 g/mol. The zero-order valence-corrected chi connectivity index (χ0v) is 17.6. The average molecular weight is 485 g/mol. The molecule has 3 rings (SSSR count). The van der Waals surface area contributed by atoms with Gasteiger partial charge in [-0.2, -0.15) is 13.2 Å². The molecule has 0 saturated carbocycles. The van der Waals surface area contributed by atoms with Gasteiger partial charge in [0.15, 0.2) is 6.10 Å². The Morgan fingerprint density at radius 1 is 1.21 bits per heavy atom. The molecule has 0 aliphatic heterocycles. The fourth-order valence-electron chi connectivity index (χ4n) is 2.67. The third kappa shape index (κ3) is 6.16. The number of benzene rings is 2. The highest BCUT2D eigenvalue weighted by molar-refractivity contribution is 6.32. The van der Waals surface area contributed by atoms with Crippen LogP contribution in [0.2, 0.25) is 5.02 Å². The lowest BCUT2D eigenvalue weighted by Gasteiger charge is -2.16. The number of hydrogen-bond acceptors (Lipinski definition) is 6. The molecule has 0 radical (unpaired) electrons. The highest BCUT2D eigenvalue weighted by Crippen LogP contribution is 2.38. The molecule has 0 saturated heterocycles. The summed E-state index contributed by atoms with van der Waals surface area (Å²) in [6.07, 6.45) is -4.26. The summed E-state index contributed by atoms with van der Waals surface area (Å²) in [6.45, 7) is 1.48. The van der Waals surface area contributed by atoms with Crippen molar-refractivity contribution < 1.29 is 36.8 Å². The summed E-state index contributed by atoms with van der Waals surface area (Å²) in [4.78, 5) is 22.9. The zero-order chi connectivity index (χ0) is 24.2. The van der Waals surface area contributed by atoms with Crippen LogP contribution >= 0.6 is 11.6 Å². The Morgan fingerprint density at radius 3 is 2.58 bits per heavy atom. The summed E-state index contributed by atoms with van der Waals surface area (Å²) in [5, 5.41) is 13.6. The molecule has 0 fully saturated rings. The van der Waals surface area contributed by atoms with Gasteiger partial charge < -0.3 is 19.2 Å². The van der Waals surface area contributed by atoms with Crippen LogP contribution in [-0.4, -0.2) is 16.9 Å². The van der Waals surface area contributed by atoms with Crippen LogP contribution in [0.1, 0.15) is 18.2 Å². The van der Waals surface area contributed by atoms with Crippen molar-refractivity contribution in [1.29, 1.82) is 0 Å². The molecule has 33 heavy (non-hydrogen) atoms. The fourth-order valence-corrected chi connectivity index (χ4v) is 2.88. The maximum atomic E-state index is 12.8. The third-order valence-corrected chi connectivity index (χ3v) is 4.60. The summed E-state index contributed by atoms with van der Waals surface area (Å²) < 4.78 is 54.5. The van der Waals surface area contributed by atoms with E-state index in [1.54, 1.807) is 12.1 Å². The molecule has 12 heteroatoms. The summed E-state index contributed by atoms with van der Waals surface area (Å²) in [5.74, 6) is -0.432. The van der Waals surface area contributed by atoms with E-state index in [1.165, 1.54) is 19.3 Å². The van der Waals surface area contributed by atoms with Crippen LogP contribution in [0.3, 0.4) is 0 Å². The number of ether oxygens (including phenoxy) is 2. The SMILES string of the molecule is CC(Oc1cc(Oc2ccc(C(F)(F)F)cc2Cl)ccc1[N+](=O)[O-])C(=O)NCc1ccco1. The molecule has 0 bridgehead atoms. The predicted molar refractivity (Wildman–Crippen MR) is 110 cm³/mol. The summed E-state index contributed by atoms with van der Waals surface area (Å²) >= 11 is 5.88. The molecule has 0 aliphatic carbocycles. The van der Waals surface area contributed by atoms with E-state index in [0.717, 1.165) is 24.3 Å². The normalized spacial score (nSPS) is 12.2. The Bertz CT molecular complexity index is 1150. The maximum Gasteiger partial charge on any atom is 0.416 e. The number of alkyl halides is 3. The van der Waals surface area contributed by atoms with E-state index in [0.29, 0.717) is 11.8 Å². The van der Waals surface area contributed by atoms with Crippen LogP contribution < -0.4 is 14.8 Å². The Kier molecular flexibility index (Phi) is 7.12. The highest BCUT2D eigenvalue weighted by Gasteiger charge is 2.31. The highest BCUT2D eigenvalue weighted by atomic mass is 35.5. The van der Waals surface area contributed by atoms with Crippen molar-refractivity contribution >= 4 is 23.2 Å². The molecule has 0 spiro atoms. The van der Waals surface area contributed by atoms with Crippen molar-refractivity contribution in [2.24, 2.45) is 0 Å². The van der Waals surface area contributed by atoms with E-state index >= 15 is 0 Å². The molecule has 3 aromatic rings. The predicted octanol–water partition coefficient (Wildman–Crippen LogP) is 5.74. The quantitative estimate of drug-likeness (QED) is 0.323. The maximum absolute atomic E-state index is 12.8. The minimum absolute atomic E-state index is 0.000419. The van der Waals surface area contributed by atoms with Gasteiger partial charge in [-0.1, -0.05) is 11.6 Å². The first-order valence-electron chi connectivity index (χ1n) is 9.34. The first-order valence-corrected chi connectivity index (χ1v) is 9.72. The number of halogens is 4. The van der Waals surface area contributed by atoms with Gasteiger partial charge in [0, 0.05) is 12.1 Å². The topological polar surface area (TPSA) is 104 Å². The number of nitrogens with one attached hydrogen (secondary N) is 1. The van der Waals surface area contributed by atoms with E-state index in [2.05, 4.69) is 5.32 Å². The van der Waals surface area contributed by atoms with Gasteiger partial charge in [0.25, 0.3) is 5.91 Å². The van der Waals surface area contributed by atoms with Crippen LogP contribution in [-0.2, 0) is 17.5 Å². The van der Waals surface area contributed by atoms with Crippen molar-refractivity contribution in [3.63, 3.8) is 0 Å². The summed E-state index contributed by atoms with van der Waals surface area (Å²) in [6, 6.07) is 9.26. The van der Waals surface area contributed by atoms with Gasteiger partial charge in [-0.05, 0) is 43.3 Å². The van der Waals surface area contributed by atoms with Gasteiger partial charge in [-0.15, -0.1) is 0 Å². The minimum Gasteiger partial charge on any atom is -0.474 e. The number of amides is 1. The van der Waals surface area contributed by atoms with Crippen LogP contribution in [0.5, 0.6) is 17.2 Å². The molecule has 1 heterocycles. The number of nitro groups is 1. The van der Waals surface area contributed by atoms with Crippen molar-refractivity contribution in [2.75, 3.05) is 0 Å². The number of rotatable bonds is 8. The molecule has 8 nitrogen and oxygen atoms in total. The largest absolute Gasteiger partial charge is 0.474 e. The van der Waals surface area contributed by atoms with Crippen LogP contribution in [0.15, 0.2) is 59.2 Å². The van der Waals surface area contributed by atoms with E-state index in [-0.39, 0.29) is 28.8 Å². The Labute approximate surface area is 190 Å². The van der Waals surface area contributed by atoms with E-state index in [4.69, 9.17) is 25.5 Å². The fraction of sp³-hybridized carbons (Fsp3) is 0.190. The lowest BCUT2D eigenvalue weighted by atomic mass is 10.2. The van der Waals surface area contributed by atoms with Gasteiger partial charge in [-0.3, -0.25) is 14.9 Å². The van der Waals surface area contributed by atoms with Gasteiger partial charge in [0.05, 0.1) is 28.3 Å². The lowest BCUT2D eigenvalue weighted by molar-refractivity contribution is -0.386. The van der Waals surface area contributed by atoms with Crippen LogP contribution in [0.25, 0.3) is 0 Å². The smallest absolute Gasteiger partial charge is 0.416 e. The lowest BCUT2D eigenvalue weighted by Crippen LogP contribution is -2.35.